The summed E-state index contributed by atoms with van der Waals surface area (Å²) in [5.74, 6) is -2.04. The van der Waals surface area contributed by atoms with Crippen molar-refractivity contribution in [3.8, 4) is 0 Å². The monoisotopic (exact) mass is 422 g/mol. The van der Waals surface area contributed by atoms with Crippen molar-refractivity contribution in [2.75, 3.05) is 10.6 Å². The second-order valence-corrected chi connectivity index (χ2v) is 8.17. The van der Waals surface area contributed by atoms with Gasteiger partial charge in [0.1, 0.15) is 10.5 Å². The molecule has 1 aromatic carbocycles. The number of hydrogen-bond donors (Lipinski definition) is 4. The Morgan fingerprint density at radius 2 is 1.18 bits per heavy atom. The van der Waals surface area contributed by atoms with E-state index in [9.17, 15) is 28.8 Å². The van der Waals surface area contributed by atoms with Crippen LogP contribution in [0.5, 0.6) is 0 Å². The van der Waals surface area contributed by atoms with Gasteiger partial charge in [-0.1, -0.05) is 35.7 Å². The Hall–Kier alpha value is -2.86. The number of carbonyl (C=O) groups is 6. The molecule has 0 bridgehead atoms. The minimum atomic E-state index is -0.801. The minimum absolute atomic E-state index is 0.203. The van der Waals surface area contributed by atoms with E-state index in [2.05, 4.69) is 21.3 Å². The number of thioether (sulfide) groups is 2. The zero-order chi connectivity index (χ0) is 20.3. The van der Waals surface area contributed by atoms with Crippen molar-refractivity contribution in [2.24, 2.45) is 0 Å². The lowest BCUT2D eigenvalue weighted by Gasteiger charge is -2.13. The summed E-state index contributed by atoms with van der Waals surface area (Å²) in [6.45, 7) is 0. The van der Waals surface area contributed by atoms with Crippen LogP contribution in [0, 0.1) is 0 Å². The fourth-order valence-corrected chi connectivity index (χ4v) is 4.13. The van der Waals surface area contributed by atoms with Crippen molar-refractivity contribution >= 4 is 69.0 Å². The molecule has 28 heavy (non-hydrogen) atoms. The SMILES string of the molecule is O=C(C[C@@H]1SC(=O)NC1=O)Nc1ccccc1NC(=O)C[C@@H]1SC(=O)NC1=O. The van der Waals surface area contributed by atoms with Gasteiger partial charge in [-0.2, -0.15) is 0 Å². The number of imide groups is 2. The fraction of sp³-hybridized carbons (Fsp3) is 0.250. The molecule has 0 unspecified atom stereocenters. The van der Waals surface area contributed by atoms with Crippen LogP contribution in [0.3, 0.4) is 0 Å². The third-order valence-electron chi connectivity index (χ3n) is 3.75. The van der Waals surface area contributed by atoms with Crippen LogP contribution in [0.1, 0.15) is 12.8 Å². The van der Waals surface area contributed by atoms with Crippen molar-refractivity contribution in [3.63, 3.8) is 0 Å². The molecule has 10 nitrogen and oxygen atoms in total. The van der Waals surface area contributed by atoms with E-state index in [0.717, 1.165) is 23.5 Å². The largest absolute Gasteiger partial charge is 0.324 e. The zero-order valence-electron chi connectivity index (χ0n) is 14.1. The topological polar surface area (TPSA) is 151 Å². The highest BCUT2D eigenvalue weighted by molar-refractivity contribution is 8.15. The van der Waals surface area contributed by atoms with Gasteiger partial charge in [0.05, 0.1) is 11.4 Å². The van der Waals surface area contributed by atoms with Crippen molar-refractivity contribution in [1.29, 1.82) is 0 Å². The lowest BCUT2D eigenvalue weighted by atomic mass is 10.2. The molecule has 2 aliphatic rings. The maximum atomic E-state index is 12.2. The predicted octanol–water partition coefficient (Wildman–Crippen LogP) is 1.05. The van der Waals surface area contributed by atoms with Gasteiger partial charge in [0.25, 0.3) is 10.5 Å². The Bertz CT molecular complexity index is 819. The number of carbonyl (C=O) groups excluding carboxylic acids is 6. The average molecular weight is 422 g/mol. The molecular formula is C16H14N4O6S2. The van der Waals surface area contributed by atoms with E-state index >= 15 is 0 Å². The molecule has 146 valence electrons. The van der Waals surface area contributed by atoms with Gasteiger partial charge in [0.2, 0.25) is 23.6 Å². The summed E-state index contributed by atoms with van der Waals surface area (Å²) < 4.78 is 0. The third-order valence-corrected chi connectivity index (χ3v) is 5.71. The first-order chi connectivity index (χ1) is 13.3. The first-order valence-electron chi connectivity index (χ1n) is 8.03. The molecule has 0 aromatic heterocycles. The van der Waals surface area contributed by atoms with Gasteiger partial charge in [-0.05, 0) is 12.1 Å². The van der Waals surface area contributed by atoms with Gasteiger partial charge < -0.3 is 10.6 Å². The molecule has 6 amide bonds. The van der Waals surface area contributed by atoms with Gasteiger partial charge in [-0.15, -0.1) is 0 Å². The summed E-state index contributed by atoms with van der Waals surface area (Å²) in [6.07, 6.45) is -0.406. The molecular weight excluding hydrogens is 408 g/mol. The van der Waals surface area contributed by atoms with E-state index in [1.54, 1.807) is 24.3 Å². The molecule has 1 aromatic rings. The quantitative estimate of drug-likeness (QED) is 0.531. The molecule has 2 saturated heterocycles. The second kappa shape index (κ2) is 8.44. The van der Waals surface area contributed by atoms with E-state index in [1.165, 1.54) is 0 Å². The minimum Gasteiger partial charge on any atom is -0.324 e. The number of anilines is 2. The molecule has 2 aliphatic heterocycles. The lowest BCUT2D eigenvalue weighted by molar-refractivity contribution is -0.122. The van der Waals surface area contributed by atoms with Crippen LogP contribution in [0.25, 0.3) is 0 Å². The Morgan fingerprint density at radius 3 is 1.50 bits per heavy atom. The smallest absolute Gasteiger partial charge is 0.286 e. The number of para-hydroxylation sites is 2. The Kier molecular flexibility index (Phi) is 5.99. The maximum Gasteiger partial charge on any atom is 0.286 e. The summed E-state index contributed by atoms with van der Waals surface area (Å²) in [4.78, 5) is 69.8. The molecule has 2 atom stereocenters. The molecule has 0 saturated carbocycles. The van der Waals surface area contributed by atoms with Crippen molar-refractivity contribution < 1.29 is 28.8 Å². The highest BCUT2D eigenvalue weighted by atomic mass is 32.2. The first-order valence-corrected chi connectivity index (χ1v) is 9.79. The third kappa shape index (κ3) is 4.89. The van der Waals surface area contributed by atoms with Crippen LogP contribution in [0.4, 0.5) is 21.0 Å². The maximum absolute atomic E-state index is 12.2. The van der Waals surface area contributed by atoms with E-state index in [0.29, 0.717) is 11.4 Å². The number of hydrogen-bond acceptors (Lipinski definition) is 8. The van der Waals surface area contributed by atoms with E-state index in [1.807, 2.05) is 0 Å². The Balaban J connectivity index is 1.59. The molecule has 0 spiro atoms. The van der Waals surface area contributed by atoms with Crippen molar-refractivity contribution in [2.45, 2.75) is 23.3 Å². The fourth-order valence-electron chi connectivity index (χ4n) is 2.50. The van der Waals surface area contributed by atoms with Gasteiger partial charge in [0, 0.05) is 12.8 Å². The highest BCUT2D eigenvalue weighted by Crippen LogP contribution is 2.26. The average Bonchev–Trinajstić information content (AvgIpc) is 3.09. The number of benzene rings is 1. The summed E-state index contributed by atoms with van der Waals surface area (Å²) in [5, 5.41) is 6.79. The van der Waals surface area contributed by atoms with Crippen molar-refractivity contribution in [3.05, 3.63) is 24.3 Å². The van der Waals surface area contributed by atoms with Crippen LogP contribution in [-0.2, 0) is 19.2 Å². The van der Waals surface area contributed by atoms with Gasteiger partial charge in [-0.25, -0.2) is 0 Å². The molecule has 0 radical (unpaired) electrons. The summed E-state index contributed by atoms with van der Waals surface area (Å²) in [5.41, 5.74) is 0.602. The summed E-state index contributed by atoms with van der Waals surface area (Å²) in [7, 11) is 0. The number of amides is 6. The normalized spacial score (nSPS) is 21.3. The van der Waals surface area contributed by atoms with Gasteiger partial charge in [0.15, 0.2) is 0 Å². The predicted molar refractivity (Wildman–Crippen MR) is 103 cm³/mol. The zero-order valence-corrected chi connectivity index (χ0v) is 15.8. The van der Waals surface area contributed by atoms with Crippen LogP contribution >= 0.6 is 23.5 Å². The van der Waals surface area contributed by atoms with Crippen LogP contribution in [-0.4, -0.2) is 44.6 Å². The molecule has 2 fully saturated rings. The molecule has 3 rings (SSSR count). The van der Waals surface area contributed by atoms with E-state index < -0.39 is 44.6 Å². The van der Waals surface area contributed by atoms with Crippen molar-refractivity contribution in [1.82, 2.24) is 10.6 Å². The number of nitrogens with one attached hydrogen (secondary N) is 4. The van der Waals surface area contributed by atoms with Crippen LogP contribution < -0.4 is 21.3 Å². The van der Waals surface area contributed by atoms with Gasteiger partial charge >= 0.3 is 0 Å². The summed E-state index contributed by atoms with van der Waals surface area (Å²) in [6, 6.07) is 6.40. The van der Waals surface area contributed by atoms with E-state index in [-0.39, 0.29) is 12.8 Å². The first kappa shape index (κ1) is 19.9. The molecule has 4 N–H and O–H groups in total. The Morgan fingerprint density at radius 1 is 0.786 bits per heavy atom. The standard InChI is InChI=1S/C16H14N4O6S2/c21-11(5-9-13(23)19-15(25)27-9)17-7-3-1-2-4-8(7)18-12(22)6-10-14(24)20-16(26)28-10/h1-4,9-10H,5-6H2,(H,17,21)(H,18,22)(H,19,23,25)(H,20,24,26)/t9-,10-/m0/s1. The molecule has 2 heterocycles. The Labute approximate surface area is 166 Å². The number of rotatable bonds is 6. The van der Waals surface area contributed by atoms with Crippen LogP contribution in [0.2, 0.25) is 0 Å². The van der Waals surface area contributed by atoms with Gasteiger partial charge in [-0.3, -0.25) is 39.4 Å². The summed E-state index contributed by atoms with van der Waals surface area (Å²) >= 11 is 1.50. The molecule has 12 heteroatoms. The van der Waals surface area contributed by atoms with E-state index in [4.69, 9.17) is 0 Å². The van der Waals surface area contributed by atoms with Crippen LogP contribution in [0.15, 0.2) is 24.3 Å². The highest BCUT2D eigenvalue weighted by Gasteiger charge is 2.34. The molecule has 0 aliphatic carbocycles. The second-order valence-electron chi connectivity index (χ2n) is 5.82. The lowest BCUT2D eigenvalue weighted by Crippen LogP contribution is -2.28.